The van der Waals surface area contributed by atoms with E-state index < -0.39 is 5.97 Å². The first-order valence-electron chi connectivity index (χ1n) is 11.7. The van der Waals surface area contributed by atoms with Gasteiger partial charge < -0.3 is 18.9 Å². The molecule has 0 heterocycles. The van der Waals surface area contributed by atoms with Gasteiger partial charge in [-0.05, 0) is 65.7 Å². The zero-order chi connectivity index (χ0) is 26.7. The third-order valence-electron chi connectivity index (χ3n) is 5.46. The molecule has 8 nitrogen and oxygen atoms in total. The van der Waals surface area contributed by atoms with Crippen LogP contribution in [0.25, 0.3) is 0 Å². The summed E-state index contributed by atoms with van der Waals surface area (Å²) in [7, 11) is 2.95. The minimum Gasteiger partial charge on any atom is -0.496 e. The van der Waals surface area contributed by atoms with Crippen LogP contribution in [0.1, 0.15) is 31.8 Å². The number of nitrogens with one attached hydrogen (secondary N) is 1. The van der Waals surface area contributed by atoms with Crippen LogP contribution in [-0.2, 0) is 6.61 Å². The van der Waals surface area contributed by atoms with Gasteiger partial charge in [-0.15, -0.1) is 0 Å². The predicted octanol–water partition coefficient (Wildman–Crippen LogP) is 5.27. The van der Waals surface area contributed by atoms with E-state index in [4.69, 9.17) is 18.9 Å². The van der Waals surface area contributed by atoms with Gasteiger partial charge >= 0.3 is 5.97 Å². The molecule has 0 aliphatic rings. The number of nitrogens with zero attached hydrogens (tertiary/aromatic N) is 1. The number of esters is 1. The van der Waals surface area contributed by atoms with Crippen molar-refractivity contribution in [3.8, 4) is 23.0 Å². The molecule has 0 spiro atoms. The fourth-order valence-corrected chi connectivity index (χ4v) is 3.49. The number of carbonyl (C=O) groups excluding carboxylic acids is 2. The first-order chi connectivity index (χ1) is 18.6. The Morgan fingerprint density at radius 3 is 2.24 bits per heavy atom. The first-order valence-corrected chi connectivity index (χ1v) is 11.7. The summed E-state index contributed by atoms with van der Waals surface area (Å²) in [6.07, 6.45) is 1.46. The average Bonchev–Trinajstić information content (AvgIpc) is 2.97. The zero-order valence-electron chi connectivity index (χ0n) is 20.9. The fourth-order valence-electron chi connectivity index (χ4n) is 3.49. The Hall–Kier alpha value is -5.11. The molecule has 0 fully saturated rings. The molecule has 0 aliphatic carbocycles. The zero-order valence-corrected chi connectivity index (χ0v) is 20.9. The lowest BCUT2D eigenvalue weighted by Gasteiger charge is -2.11. The summed E-state index contributed by atoms with van der Waals surface area (Å²) in [6.45, 7) is 0.443. The number of hydrazone groups is 1. The van der Waals surface area contributed by atoms with E-state index in [0.717, 1.165) is 5.56 Å². The van der Waals surface area contributed by atoms with Crippen LogP contribution in [0, 0.1) is 0 Å². The van der Waals surface area contributed by atoms with Crippen molar-refractivity contribution < 1.29 is 28.5 Å². The molecule has 0 aromatic heterocycles. The highest BCUT2D eigenvalue weighted by molar-refractivity contribution is 5.95. The third-order valence-corrected chi connectivity index (χ3v) is 5.46. The van der Waals surface area contributed by atoms with Crippen LogP contribution < -0.4 is 24.4 Å². The van der Waals surface area contributed by atoms with E-state index >= 15 is 0 Å². The minimum absolute atomic E-state index is 0.235. The van der Waals surface area contributed by atoms with Crippen LogP contribution in [0.15, 0.2) is 102 Å². The SMILES string of the molecule is COc1cc(/C=N/NC(=O)c2ccc(OCc3ccccc3)cc2)ccc1OC(=O)c1ccccc1OC. The molecule has 38 heavy (non-hydrogen) atoms. The lowest BCUT2D eigenvalue weighted by atomic mass is 10.2. The van der Waals surface area contributed by atoms with Gasteiger partial charge in [-0.3, -0.25) is 4.79 Å². The van der Waals surface area contributed by atoms with Gasteiger partial charge in [0.2, 0.25) is 0 Å². The maximum Gasteiger partial charge on any atom is 0.347 e. The van der Waals surface area contributed by atoms with Gasteiger partial charge in [0.25, 0.3) is 5.91 Å². The summed E-state index contributed by atoms with van der Waals surface area (Å²) >= 11 is 0. The van der Waals surface area contributed by atoms with Crippen molar-refractivity contribution in [1.29, 1.82) is 0 Å². The molecule has 1 N–H and O–H groups in total. The normalized spacial score (nSPS) is 10.6. The first kappa shape index (κ1) is 26.0. The molecule has 4 rings (SSSR count). The van der Waals surface area contributed by atoms with Gasteiger partial charge in [-0.2, -0.15) is 5.10 Å². The number of hydrogen-bond acceptors (Lipinski definition) is 7. The summed E-state index contributed by atoms with van der Waals surface area (Å²) in [4.78, 5) is 25.1. The standard InChI is InChI=1S/C30H26N2O6/c1-35-26-11-7-6-10-25(26)30(34)38-27-17-12-22(18-28(27)36-2)19-31-32-29(33)23-13-15-24(16-14-23)37-20-21-8-4-3-5-9-21/h3-19H,20H2,1-2H3,(H,32,33)/b31-19+. The molecule has 0 unspecified atom stereocenters. The second kappa shape index (κ2) is 12.7. The number of amides is 1. The Morgan fingerprint density at radius 1 is 0.789 bits per heavy atom. The van der Waals surface area contributed by atoms with Crippen LogP contribution in [0.5, 0.6) is 23.0 Å². The van der Waals surface area contributed by atoms with Crippen molar-refractivity contribution in [2.75, 3.05) is 14.2 Å². The Labute approximate surface area is 220 Å². The number of para-hydroxylation sites is 1. The summed E-state index contributed by atoms with van der Waals surface area (Å²) < 4.78 is 21.8. The molecule has 0 saturated carbocycles. The van der Waals surface area contributed by atoms with Crippen molar-refractivity contribution in [2.24, 2.45) is 5.10 Å². The number of carbonyl (C=O) groups is 2. The molecule has 4 aromatic carbocycles. The second-order valence-corrected chi connectivity index (χ2v) is 8.00. The van der Waals surface area contributed by atoms with E-state index in [1.807, 2.05) is 30.3 Å². The summed E-state index contributed by atoms with van der Waals surface area (Å²) in [6, 6.07) is 28.3. The van der Waals surface area contributed by atoms with Gasteiger partial charge in [0.05, 0.1) is 20.4 Å². The van der Waals surface area contributed by atoms with Gasteiger partial charge in [-0.25, -0.2) is 10.2 Å². The van der Waals surface area contributed by atoms with Crippen molar-refractivity contribution in [1.82, 2.24) is 5.43 Å². The summed E-state index contributed by atoms with van der Waals surface area (Å²) in [5.74, 6) is 0.683. The third kappa shape index (κ3) is 6.76. The Morgan fingerprint density at radius 2 is 1.50 bits per heavy atom. The molecule has 0 radical (unpaired) electrons. The highest BCUT2D eigenvalue weighted by atomic mass is 16.6. The molecule has 1 amide bonds. The quantitative estimate of drug-likeness (QED) is 0.135. The van der Waals surface area contributed by atoms with Crippen LogP contribution in [0.4, 0.5) is 0 Å². The maximum atomic E-state index is 12.6. The van der Waals surface area contributed by atoms with Crippen molar-refractivity contribution in [3.63, 3.8) is 0 Å². The molecule has 4 aromatic rings. The number of hydrogen-bond donors (Lipinski definition) is 1. The molecule has 0 atom stereocenters. The minimum atomic E-state index is -0.578. The Bertz CT molecular complexity index is 1420. The summed E-state index contributed by atoms with van der Waals surface area (Å²) in [5, 5.41) is 4.02. The molecule has 0 bridgehead atoms. The highest BCUT2D eigenvalue weighted by Gasteiger charge is 2.16. The maximum absolute atomic E-state index is 12.6. The number of ether oxygens (including phenoxy) is 4. The fraction of sp³-hybridized carbons (Fsp3) is 0.100. The van der Waals surface area contributed by atoms with Gasteiger partial charge in [0.1, 0.15) is 23.7 Å². The van der Waals surface area contributed by atoms with Gasteiger partial charge in [-0.1, -0.05) is 42.5 Å². The molecule has 192 valence electrons. The van der Waals surface area contributed by atoms with Crippen LogP contribution in [0.2, 0.25) is 0 Å². The van der Waals surface area contributed by atoms with E-state index in [1.165, 1.54) is 20.4 Å². The predicted molar refractivity (Wildman–Crippen MR) is 143 cm³/mol. The topological polar surface area (TPSA) is 95.5 Å². The smallest absolute Gasteiger partial charge is 0.347 e. The van der Waals surface area contributed by atoms with E-state index in [9.17, 15) is 9.59 Å². The molecule has 0 aliphatic heterocycles. The van der Waals surface area contributed by atoms with Crippen LogP contribution >= 0.6 is 0 Å². The average molecular weight is 511 g/mol. The molecular formula is C30H26N2O6. The molecule has 0 saturated heterocycles. The molecule has 8 heteroatoms. The van der Waals surface area contributed by atoms with E-state index in [0.29, 0.717) is 40.5 Å². The Balaban J connectivity index is 1.33. The lowest BCUT2D eigenvalue weighted by molar-refractivity contribution is 0.0726. The number of methoxy groups -OCH3 is 2. The molecular weight excluding hydrogens is 484 g/mol. The van der Waals surface area contributed by atoms with E-state index in [1.54, 1.807) is 66.7 Å². The Kier molecular flexibility index (Phi) is 8.70. The largest absolute Gasteiger partial charge is 0.496 e. The van der Waals surface area contributed by atoms with E-state index in [-0.39, 0.29) is 11.7 Å². The second-order valence-electron chi connectivity index (χ2n) is 8.00. The number of rotatable bonds is 10. The van der Waals surface area contributed by atoms with E-state index in [2.05, 4.69) is 10.5 Å². The highest BCUT2D eigenvalue weighted by Crippen LogP contribution is 2.29. The van der Waals surface area contributed by atoms with Crippen LogP contribution in [-0.4, -0.2) is 32.3 Å². The van der Waals surface area contributed by atoms with Crippen molar-refractivity contribution in [3.05, 3.63) is 119 Å². The number of benzene rings is 4. The van der Waals surface area contributed by atoms with Gasteiger partial charge in [0, 0.05) is 5.56 Å². The monoisotopic (exact) mass is 510 g/mol. The van der Waals surface area contributed by atoms with Gasteiger partial charge in [0.15, 0.2) is 11.5 Å². The van der Waals surface area contributed by atoms with Crippen molar-refractivity contribution >= 4 is 18.1 Å². The summed E-state index contributed by atoms with van der Waals surface area (Å²) in [5.41, 5.74) is 4.91. The van der Waals surface area contributed by atoms with Crippen molar-refractivity contribution in [2.45, 2.75) is 6.61 Å². The van der Waals surface area contributed by atoms with Crippen LogP contribution in [0.3, 0.4) is 0 Å². The lowest BCUT2D eigenvalue weighted by Crippen LogP contribution is -2.17.